The van der Waals surface area contributed by atoms with Gasteiger partial charge >= 0.3 is 0 Å². The van der Waals surface area contributed by atoms with Crippen molar-refractivity contribution in [2.45, 2.75) is 19.9 Å². The average Bonchev–Trinajstić information content (AvgIpc) is 2.51. The lowest BCUT2D eigenvalue weighted by Gasteiger charge is -2.24. The van der Waals surface area contributed by atoms with Gasteiger partial charge in [-0.05, 0) is 13.8 Å². The Morgan fingerprint density at radius 1 is 1.67 bits per heavy atom. The van der Waals surface area contributed by atoms with Gasteiger partial charge in [-0.1, -0.05) is 0 Å². The van der Waals surface area contributed by atoms with Gasteiger partial charge < -0.3 is 10.6 Å². The lowest BCUT2D eigenvalue weighted by molar-refractivity contribution is 0.682. The maximum atomic E-state index is 5.49. The monoisotopic (exact) mass is 186 g/mol. The summed E-state index contributed by atoms with van der Waals surface area (Å²) in [4.78, 5) is 6.28. The molecule has 1 aromatic heterocycles. The predicted molar refractivity (Wildman–Crippen MR) is 51.4 cm³/mol. The Morgan fingerprint density at radius 2 is 2.42 bits per heavy atom. The number of aromatic nitrogens is 2. The van der Waals surface area contributed by atoms with Crippen molar-refractivity contribution >= 4 is 16.7 Å². The standard InChI is InChI=1S/C7H14N4S/c1-6(2)11(4-3-8)7-9-5-10-12-7/h5-6H,3-4,8H2,1-2H3. The molecule has 0 aliphatic carbocycles. The van der Waals surface area contributed by atoms with E-state index in [1.54, 1.807) is 6.33 Å². The van der Waals surface area contributed by atoms with Gasteiger partial charge in [-0.2, -0.15) is 4.37 Å². The first-order chi connectivity index (χ1) is 5.75. The van der Waals surface area contributed by atoms with E-state index in [4.69, 9.17) is 5.73 Å². The van der Waals surface area contributed by atoms with Crippen LogP contribution < -0.4 is 10.6 Å². The smallest absolute Gasteiger partial charge is 0.205 e. The SMILES string of the molecule is CC(C)N(CCN)c1ncns1. The number of rotatable bonds is 4. The van der Waals surface area contributed by atoms with E-state index in [0.29, 0.717) is 12.6 Å². The molecule has 68 valence electrons. The van der Waals surface area contributed by atoms with Gasteiger partial charge in [0.15, 0.2) is 0 Å². The normalized spacial score (nSPS) is 10.7. The van der Waals surface area contributed by atoms with Gasteiger partial charge in [-0.3, -0.25) is 0 Å². The summed E-state index contributed by atoms with van der Waals surface area (Å²) in [6.45, 7) is 5.73. The van der Waals surface area contributed by atoms with Gasteiger partial charge in [0.25, 0.3) is 0 Å². The maximum absolute atomic E-state index is 5.49. The van der Waals surface area contributed by atoms with E-state index < -0.39 is 0 Å². The van der Waals surface area contributed by atoms with Crippen LogP contribution >= 0.6 is 11.5 Å². The van der Waals surface area contributed by atoms with Crippen molar-refractivity contribution in [3.8, 4) is 0 Å². The van der Waals surface area contributed by atoms with Crippen molar-refractivity contribution in [2.75, 3.05) is 18.0 Å². The lowest BCUT2D eigenvalue weighted by atomic mass is 10.3. The molecule has 12 heavy (non-hydrogen) atoms. The van der Waals surface area contributed by atoms with Crippen LogP contribution in [-0.4, -0.2) is 28.5 Å². The predicted octanol–water partition coefficient (Wildman–Crippen LogP) is 0.712. The van der Waals surface area contributed by atoms with Crippen LogP contribution in [0.25, 0.3) is 0 Å². The number of nitrogens with two attached hydrogens (primary N) is 1. The van der Waals surface area contributed by atoms with Crippen LogP contribution in [0.15, 0.2) is 6.33 Å². The number of hydrogen-bond acceptors (Lipinski definition) is 5. The summed E-state index contributed by atoms with van der Waals surface area (Å²) in [6, 6.07) is 0.432. The largest absolute Gasteiger partial charge is 0.343 e. The third-order valence-electron chi connectivity index (χ3n) is 1.59. The van der Waals surface area contributed by atoms with E-state index in [1.165, 1.54) is 11.5 Å². The van der Waals surface area contributed by atoms with E-state index in [1.807, 2.05) is 0 Å². The molecule has 0 amide bonds. The summed E-state index contributed by atoms with van der Waals surface area (Å²) >= 11 is 1.41. The number of anilines is 1. The Bertz CT molecular complexity index is 209. The van der Waals surface area contributed by atoms with Crippen LogP contribution in [0.1, 0.15) is 13.8 Å². The minimum atomic E-state index is 0.432. The molecule has 0 saturated carbocycles. The molecule has 2 N–H and O–H groups in total. The van der Waals surface area contributed by atoms with Crippen LogP contribution in [0, 0.1) is 0 Å². The molecular formula is C7H14N4S. The van der Waals surface area contributed by atoms with E-state index in [9.17, 15) is 0 Å². The maximum Gasteiger partial charge on any atom is 0.205 e. The minimum Gasteiger partial charge on any atom is -0.343 e. The molecule has 1 heterocycles. The van der Waals surface area contributed by atoms with Crippen LogP contribution in [-0.2, 0) is 0 Å². The molecule has 0 aliphatic heterocycles. The van der Waals surface area contributed by atoms with E-state index in [-0.39, 0.29) is 0 Å². The molecule has 0 aliphatic rings. The minimum absolute atomic E-state index is 0.432. The second kappa shape index (κ2) is 4.37. The summed E-state index contributed by atoms with van der Waals surface area (Å²) in [5, 5.41) is 0.954. The highest BCUT2D eigenvalue weighted by Crippen LogP contribution is 2.16. The summed E-state index contributed by atoms with van der Waals surface area (Å²) < 4.78 is 3.96. The summed E-state index contributed by atoms with van der Waals surface area (Å²) in [5.74, 6) is 0. The molecule has 0 spiro atoms. The topological polar surface area (TPSA) is 55.0 Å². The second-order valence-corrected chi connectivity index (χ2v) is 3.56. The number of nitrogens with zero attached hydrogens (tertiary/aromatic N) is 3. The van der Waals surface area contributed by atoms with Crippen LogP contribution in [0.4, 0.5) is 5.13 Å². The average molecular weight is 186 g/mol. The van der Waals surface area contributed by atoms with Gasteiger partial charge in [-0.25, -0.2) is 4.98 Å². The van der Waals surface area contributed by atoms with Gasteiger partial charge in [0.1, 0.15) is 6.33 Å². The Balaban J connectivity index is 2.66. The van der Waals surface area contributed by atoms with Crippen molar-refractivity contribution in [3.63, 3.8) is 0 Å². The summed E-state index contributed by atoms with van der Waals surface area (Å²) in [5.41, 5.74) is 5.49. The molecule has 0 radical (unpaired) electrons. The molecule has 5 heteroatoms. The summed E-state index contributed by atoms with van der Waals surface area (Å²) in [7, 11) is 0. The Morgan fingerprint density at radius 3 is 2.83 bits per heavy atom. The van der Waals surface area contributed by atoms with Crippen molar-refractivity contribution in [2.24, 2.45) is 5.73 Å². The van der Waals surface area contributed by atoms with Gasteiger partial charge in [0.05, 0.1) is 0 Å². The third kappa shape index (κ3) is 2.15. The molecule has 0 aromatic carbocycles. The van der Waals surface area contributed by atoms with E-state index >= 15 is 0 Å². The zero-order valence-corrected chi connectivity index (χ0v) is 8.21. The van der Waals surface area contributed by atoms with Gasteiger partial charge in [0.2, 0.25) is 5.13 Å². The molecule has 1 aromatic rings. The molecule has 0 unspecified atom stereocenters. The first-order valence-corrected chi connectivity index (χ1v) is 4.76. The quantitative estimate of drug-likeness (QED) is 0.752. The summed E-state index contributed by atoms with van der Waals surface area (Å²) in [6.07, 6.45) is 1.58. The molecule has 0 saturated heterocycles. The third-order valence-corrected chi connectivity index (χ3v) is 2.29. The fourth-order valence-corrected chi connectivity index (χ4v) is 1.70. The molecule has 1 rings (SSSR count). The Kier molecular flexibility index (Phi) is 3.43. The fourth-order valence-electron chi connectivity index (χ4n) is 1.01. The number of hydrogen-bond donors (Lipinski definition) is 1. The van der Waals surface area contributed by atoms with Crippen molar-refractivity contribution in [1.82, 2.24) is 9.36 Å². The first-order valence-electron chi connectivity index (χ1n) is 3.99. The Labute approximate surface area is 76.6 Å². The van der Waals surface area contributed by atoms with Crippen LogP contribution in [0.3, 0.4) is 0 Å². The van der Waals surface area contributed by atoms with Crippen LogP contribution in [0.5, 0.6) is 0 Å². The zero-order valence-electron chi connectivity index (χ0n) is 7.40. The van der Waals surface area contributed by atoms with E-state index in [0.717, 1.165) is 11.7 Å². The van der Waals surface area contributed by atoms with Gasteiger partial charge in [0, 0.05) is 30.7 Å². The molecule has 0 bridgehead atoms. The van der Waals surface area contributed by atoms with Crippen molar-refractivity contribution in [3.05, 3.63) is 6.33 Å². The molecule has 4 nitrogen and oxygen atoms in total. The Hall–Kier alpha value is -0.680. The van der Waals surface area contributed by atoms with Crippen molar-refractivity contribution < 1.29 is 0 Å². The van der Waals surface area contributed by atoms with E-state index in [2.05, 4.69) is 28.1 Å². The lowest BCUT2D eigenvalue weighted by Crippen LogP contribution is -2.35. The highest BCUT2D eigenvalue weighted by atomic mass is 32.1. The fraction of sp³-hybridized carbons (Fsp3) is 0.714. The molecular weight excluding hydrogens is 172 g/mol. The second-order valence-electron chi connectivity index (χ2n) is 2.80. The van der Waals surface area contributed by atoms with Gasteiger partial charge in [-0.15, -0.1) is 0 Å². The van der Waals surface area contributed by atoms with Crippen molar-refractivity contribution in [1.29, 1.82) is 0 Å². The zero-order chi connectivity index (χ0) is 8.97. The molecule has 0 atom stereocenters. The van der Waals surface area contributed by atoms with Crippen LogP contribution in [0.2, 0.25) is 0 Å². The highest BCUT2D eigenvalue weighted by Gasteiger charge is 2.11. The highest BCUT2D eigenvalue weighted by molar-refractivity contribution is 7.09. The first kappa shape index (κ1) is 9.41. The molecule has 0 fully saturated rings.